The SMILES string of the molecule is O=C(/C=C/C1CN(c2ccccc2)C(=O)N1)c1ccc(F)cc1. The zero-order valence-corrected chi connectivity index (χ0v) is 12.3. The third-order valence-corrected chi connectivity index (χ3v) is 3.61. The zero-order chi connectivity index (χ0) is 16.2. The Hall–Kier alpha value is -2.95. The van der Waals surface area contributed by atoms with Crippen molar-refractivity contribution in [1.29, 1.82) is 0 Å². The summed E-state index contributed by atoms with van der Waals surface area (Å²) in [6, 6.07) is 14.3. The highest BCUT2D eigenvalue weighted by atomic mass is 19.1. The molecule has 4 nitrogen and oxygen atoms in total. The number of allylic oxidation sites excluding steroid dienone is 1. The predicted molar refractivity (Wildman–Crippen MR) is 86.0 cm³/mol. The number of hydrogen-bond donors (Lipinski definition) is 1. The molecule has 0 spiro atoms. The fourth-order valence-corrected chi connectivity index (χ4v) is 2.42. The van der Waals surface area contributed by atoms with E-state index < -0.39 is 0 Å². The number of anilines is 1. The van der Waals surface area contributed by atoms with E-state index in [2.05, 4.69) is 5.32 Å². The first kappa shape index (κ1) is 15.0. The summed E-state index contributed by atoms with van der Waals surface area (Å²) in [5, 5.41) is 2.81. The van der Waals surface area contributed by atoms with Crippen molar-refractivity contribution >= 4 is 17.5 Å². The van der Waals surface area contributed by atoms with Crippen LogP contribution in [0.15, 0.2) is 66.7 Å². The number of ketones is 1. The monoisotopic (exact) mass is 310 g/mol. The van der Waals surface area contributed by atoms with Gasteiger partial charge in [-0.2, -0.15) is 0 Å². The van der Waals surface area contributed by atoms with Crippen molar-refractivity contribution in [3.05, 3.63) is 78.1 Å². The normalized spacial score (nSPS) is 17.5. The Kier molecular flexibility index (Phi) is 4.19. The molecule has 1 atom stereocenters. The van der Waals surface area contributed by atoms with Crippen molar-refractivity contribution in [1.82, 2.24) is 5.32 Å². The number of urea groups is 1. The lowest BCUT2D eigenvalue weighted by molar-refractivity contribution is 0.104. The second-order valence-electron chi connectivity index (χ2n) is 5.23. The largest absolute Gasteiger partial charge is 0.330 e. The van der Waals surface area contributed by atoms with Crippen molar-refractivity contribution in [3.8, 4) is 0 Å². The van der Waals surface area contributed by atoms with Gasteiger partial charge in [0.05, 0.1) is 12.6 Å². The van der Waals surface area contributed by atoms with Crippen LogP contribution >= 0.6 is 0 Å². The van der Waals surface area contributed by atoms with Crippen LogP contribution in [0.2, 0.25) is 0 Å². The molecule has 1 N–H and O–H groups in total. The number of nitrogens with one attached hydrogen (secondary N) is 1. The molecule has 3 rings (SSSR count). The van der Waals surface area contributed by atoms with Crippen LogP contribution in [0.25, 0.3) is 0 Å². The molecular weight excluding hydrogens is 295 g/mol. The van der Waals surface area contributed by atoms with Gasteiger partial charge in [-0.1, -0.05) is 24.3 Å². The Balaban J connectivity index is 1.66. The summed E-state index contributed by atoms with van der Waals surface area (Å²) >= 11 is 0. The second kappa shape index (κ2) is 6.44. The maximum Gasteiger partial charge on any atom is 0.322 e. The van der Waals surface area contributed by atoms with Crippen LogP contribution in [0.3, 0.4) is 0 Å². The van der Waals surface area contributed by atoms with E-state index in [9.17, 15) is 14.0 Å². The molecule has 0 saturated carbocycles. The van der Waals surface area contributed by atoms with Gasteiger partial charge in [0.2, 0.25) is 0 Å². The van der Waals surface area contributed by atoms with Crippen LogP contribution in [-0.2, 0) is 0 Å². The number of rotatable bonds is 4. The van der Waals surface area contributed by atoms with E-state index in [1.54, 1.807) is 11.0 Å². The first-order chi connectivity index (χ1) is 11.1. The Morgan fingerprint density at radius 2 is 1.83 bits per heavy atom. The van der Waals surface area contributed by atoms with E-state index in [4.69, 9.17) is 0 Å². The van der Waals surface area contributed by atoms with Gasteiger partial charge in [0.25, 0.3) is 0 Å². The molecule has 0 aliphatic carbocycles. The van der Waals surface area contributed by atoms with E-state index in [0.717, 1.165) is 5.69 Å². The maximum atomic E-state index is 12.8. The summed E-state index contributed by atoms with van der Waals surface area (Å²) in [5.41, 5.74) is 1.22. The van der Waals surface area contributed by atoms with Crippen molar-refractivity contribution in [2.24, 2.45) is 0 Å². The minimum atomic E-state index is -0.382. The molecule has 2 aromatic rings. The van der Waals surface area contributed by atoms with Gasteiger partial charge in [-0.05, 0) is 42.5 Å². The smallest absolute Gasteiger partial charge is 0.322 e. The molecule has 1 aliphatic rings. The van der Waals surface area contributed by atoms with Crippen molar-refractivity contribution < 1.29 is 14.0 Å². The van der Waals surface area contributed by atoms with Crippen LogP contribution in [-0.4, -0.2) is 24.4 Å². The molecule has 23 heavy (non-hydrogen) atoms. The van der Waals surface area contributed by atoms with Crippen LogP contribution in [0.4, 0.5) is 14.9 Å². The molecule has 2 amide bonds. The highest BCUT2D eigenvalue weighted by molar-refractivity contribution is 6.04. The Morgan fingerprint density at radius 3 is 2.52 bits per heavy atom. The first-order valence-electron chi connectivity index (χ1n) is 7.24. The molecule has 1 heterocycles. The summed E-state index contributed by atoms with van der Waals surface area (Å²) in [5.74, 6) is -0.607. The van der Waals surface area contributed by atoms with Crippen molar-refractivity contribution in [2.75, 3.05) is 11.4 Å². The van der Waals surface area contributed by atoms with Crippen molar-refractivity contribution in [2.45, 2.75) is 6.04 Å². The van der Waals surface area contributed by atoms with Gasteiger partial charge in [0.15, 0.2) is 5.78 Å². The fourth-order valence-electron chi connectivity index (χ4n) is 2.42. The van der Waals surface area contributed by atoms with Gasteiger partial charge in [-0.3, -0.25) is 9.69 Å². The lowest BCUT2D eigenvalue weighted by Crippen LogP contribution is -2.28. The number of halogens is 1. The molecule has 1 saturated heterocycles. The zero-order valence-electron chi connectivity index (χ0n) is 12.3. The molecule has 5 heteroatoms. The average Bonchev–Trinajstić information content (AvgIpc) is 2.95. The number of amides is 2. The van der Waals surface area contributed by atoms with E-state index in [-0.39, 0.29) is 23.7 Å². The molecule has 0 aromatic heterocycles. The standard InChI is InChI=1S/C18H15FN2O2/c19-14-8-6-13(7-9-14)17(22)11-10-15-12-21(18(23)20-15)16-4-2-1-3-5-16/h1-11,15H,12H2,(H,20,23)/b11-10+. The van der Waals surface area contributed by atoms with Gasteiger partial charge in [-0.25, -0.2) is 9.18 Å². The molecule has 0 bridgehead atoms. The minimum Gasteiger partial charge on any atom is -0.330 e. The average molecular weight is 310 g/mol. The molecule has 0 radical (unpaired) electrons. The van der Waals surface area contributed by atoms with E-state index in [0.29, 0.717) is 12.1 Å². The second-order valence-corrected chi connectivity index (χ2v) is 5.23. The van der Waals surface area contributed by atoms with Gasteiger partial charge >= 0.3 is 6.03 Å². The third kappa shape index (κ3) is 3.45. The molecular formula is C18H15FN2O2. The van der Waals surface area contributed by atoms with Gasteiger partial charge < -0.3 is 5.32 Å². The Bertz CT molecular complexity index is 741. The molecule has 2 aromatic carbocycles. The highest BCUT2D eigenvalue weighted by Gasteiger charge is 2.28. The lowest BCUT2D eigenvalue weighted by Gasteiger charge is -2.13. The van der Waals surface area contributed by atoms with Gasteiger partial charge in [0, 0.05) is 11.3 Å². The van der Waals surface area contributed by atoms with E-state index in [1.165, 1.54) is 30.3 Å². The molecule has 1 unspecified atom stereocenters. The number of benzene rings is 2. The van der Waals surface area contributed by atoms with Gasteiger partial charge in [-0.15, -0.1) is 0 Å². The minimum absolute atomic E-state index is 0.194. The van der Waals surface area contributed by atoms with Crippen LogP contribution in [0.1, 0.15) is 10.4 Å². The maximum absolute atomic E-state index is 12.8. The van der Waals surface area contributed by atoms with Gasteiger partial charge in [0.1, 0.15) is 5.82 Å². The number of para-hydroxylation sites is 1. The lowest BCUT2D eigenvalue weighted by atomic mass is 10.1. The number of carbonyl (C=O) groups excluding carboxylic acids is 2. The van der Waals surface area contributed by atoms with Crippen molar-refractivity contribution in [3.63, 3.8) is 0 Å². The number of hydrogen-bond acceptors (Lipinski definition) is 2. The molecule has 1 fully saturated rings. The summed E-state index contributed by atoms with van der Waals surface area (Å²) in [6.07, 6.45) is 3.07. The van der Waals surface area contributed by atoms with Crippen LogP contribution in [0.5, 0.6) is 0 Å². The summed E-state index contributed by atoms with van der Waals surface area (Å²) in [7, 11) is 0. The van der Waals surface area contributed by atoms with Crippen LogP contribution in [0, 0.1) is 5.82 Å². The number of carbonyl (C=O) groups is 2. The first-order valence-corrected chi connectivity index (χ1v) is 7.24. The topological polar surface area (TPSA) is 49.4 Å². The van der Waals surface area contributed by atoms with E-state index >= 15 is 0 Å². The quantitative estimate of drug-likeness (QED) is 0.696. The summed E-state index contributed by atoms with van der Waals surface area (Å²) < 4.78 is 12.8. The van der Waals surface area contributed by atoms with E-state index in [1.807, 2.05) is 30.3 Å². The Morgan fingerprint density at radius 1 is 1.13 bits per heavy atom. The fraction of sp³-hybridized carbons (Fsp3) is 0.111. The summed E-state index contributed by atoms with van der Waals surface area (Å²) in [6.45, 7) is 0.454. The third-order valence-electron chi connectivity index (χ3n) is 3.61. The Labute approximate surface area is 133 Å². The molecule has 116 valence electrons. The highest BCUT2D eigenvalue weighted by Crippen LogP contribution is 2.18. The molecule has 1 aliphatic heterocycles. The van der Waals surface area contributed by atoms with Crippen LogP contribution < -0.4 is 10.2 Å². The predicted octanol–water partition coefficient (Wildman–Crippen LogP) is 3.16. The summed E-state index contributed by atoms with van der Waals surface area (Å²) in [4.78, 5) is 25.6. The number of nitrogens with zero attached hydrogens (tertiary/aromatic N) is 1.